The molecule has 0 fully saturated rings. The molecule has 3 aromatic rings. The van der Waals surface area contributed by atoms with Crippen molar-refractivity contribution in [2.75, 3.05) is 5.32 Å². The maximum atomic E-state index is 4.36. The van der Waals surface area contributed by atoms with E-state index in [1.54, 1.807) is 23.4 Å². The molecule has 0 atom stereocenters. The van der Waals surface area contributed by atoms with Crippen molar-refractivity contribution in [1.82, 2.24) is 29.5 Å². The first kappa shape index (κ1) is 11.4. The van der Waals surface area contributed by atoms with Gasteiger partial charge in [0.2, 0.25) is 0 Å². The van der Waals surface area contributed by atoms with E-state index in [1.807, 2.05) is 36.1 Å². The van der Waals surface area contributed by atoms with E-state index in [1.165, 1.54) is 0 Å². The van der Waals surface area contributed by atoms with Gasteiger partial charge >= 0.3 is 0 Å². The molecular weight excluding hydrogens is 242 g/mol. The van der Waals surface area contributed by atoms with Crippen molar-refractivity contribution < 1.29 is 0 Å². The molecule has 0 aliphatic rings. The summed E-state index contributed by atoms with van der Waals surface area (Å²) in [6.45, 7) is 0.625. The molecule has 19 heavy (non-hydrogen) atoms. The number of rotatable bonds is 4. The van der Waals surface area contributed by atoms with E-state index < -0.39 is 0 Å². The summed E-state index contributed by atoms with van der Waals surface area (Å²) in [7, 11) is 1.85. The number of nitrogens with zero attached hydrogens (tertiary/aromatic N) is 6. The third-order valence-electron chi connectivity index (χ3n) is 2.64. The van der Waals surface area contributed by atoms with Crippen LogP contribution in [0.1, 0.15) is 5.69 Å². The van der Waals surface area contributed by atoms with E-state index in [2.05, 4.69) is 25.6 Å². The summed E-state index contributed by atoms with van der Waals surface area (Å²) in [5.74, 6) is 0.836. The molecule has 0 radical (unpaired) electrons. The molecule has 96 valence electrons. The number of aromatic nitrogens is 6. The van der Waals surface area contributed by atoms with Crippen LogP contribution in [0.5, 0.6) is 0 Å². The summed E-state index contributed by atoms with van der Waals surface area (Å²) in [4.78, 5) is 8.35. The van der Waals surface area contributed by atoms with Gasteiger partial charge in [0.1, 0.15) is 17.8 Å². The van der Waals surface area contributed by atoms with Crippen molar-refractivity contribution in [3.8, 4) is 5.82 Å². The van der Waals surface area contributed by atoms with Crippen LogP contribution in [0.25, 0.3) is 5.82 Å². The van der Waals surface area contributed by atoms with Crippen LogP contribution in [-0.4, -0.2) is 29.5 Å². The summed E-state index contributed by atoms with van der Waals surface area (Å²) in [5.41, 5.74) is 1.83. The van der Waals surface area contributed by atoms with Gasteiger partial charge in [-0.3, -0.25) is 9.25 Å². The molecule has 7 heteroatoms. The molecule has 7 nitrogen and oxygen atoms in total. The van der Waals surface area contributed by atoms with Gasteiger partial charge in [-0.25, -0.2) is 9.97 Å². The Balaban J connectivity index is 1.66. The van der Waals surface area contributed by atoms with Crippen LogP contribution >= 0.6 is 0 Å². The molecular formula is C12H13N7. The smallest absolute Gasteiger partial charge is 0.137 e. The van der Waals surface area contributed by atoms with E-state index in [9.17, 15) is 0 Å². The fraction of sp³-hybridized carbons (Fsp3) is 0.167. The number of hydrogen-bond donors (Lipinski definition) is 1. The van der Waals surface area contributed by atoms with Gasteiger partial charge in [0.05, 0.1) is 18.4 Å². The van der Waals surface area contributed by atoms with Crippen LogP contribution in [0.4, 0.5) is 5.69 Å². The summed E-state index contributed by atoms with van der Waals surface area (Å²) in [5, 5.41) is 11.1. The van der Waals surface area contributed by atoms with E-state index in [0.29, 0.717) is 6.54 Å². The molecule has 0 unspecified atom stereocenters. The van der Waals surface area contributed by atoms with Crippen molar-refractivity contribution in [1.29, 1.82) is 0 Å². The maximum absolute atomic E-state index is 4.36. The number of nitrogens with one attached hydrogen (secondary N) is 1. The normalized spacial score (nSPS) is 10.6. The zero-order chi connectivity index (χ0) is 13.1. The monoisotopic (exact) mass is 255 g/mol. The van der Waals surface area contributed by atoms with Crippen LogP contribution in [-0.2, 0) is 13.6 Å². The zero-order valence-electron chi connectivity index (χ0n) is 10.4. The average molecular weight is 255 g/mol. The summed E-state index contributed by atoms with van der Waals surface area (Å²) in [6.07, 6.45) is 8.96. The standard InChI is InChI=1S/C12H13N7/c1-18-8-11(16-17-18)7-14-10-2-3-12(15-6-10)19-5-4-13-9-19/h2-6,8-9,14H,7H2,1H3. The second kappa shape index (κ2) is 4.89. The van der Waals surface area contributed by atoms with Crippen molar-refractivity contribution in [3.05, 3.63) is 48.9 Å². The summed E-state index contributed by atoms with van der Waals surface area (Å²) >= 11 is 0. The molecule has 0 aliphatic carbocycles. The Labute approximate surface area is 109 Å². The predicted molar refractivity (Wildman–Crippen MR) is 69.7 cm³/mol. The van der Waals surface area contributed by atoms with Gasteiger partial charge in [0, 0.05) is 25.6 Å². The number of aryl methyl sites for hydroxylation is 1. The van der Waals surface area contributed by atoms with Crippen molar-refractivity contribution in [2.24, 2.45) is 7.05 Å². The maximum Gasteiger partial charge on any atom is 0.137 e. The second-order valence-electron chi connectivity index (χ2n) is 4.11. The quantitative estimate of drug-likeness (QED) is 0.753. The zero-order valence-corrected chi connectivity index (χ0v) is 10.4. The highest BCUT2D eigenvalue weighted by atomic mass is 15.4. The highest BCUT2D eigenvalue weighted by molar-refractivity contribution is 5.43. The van der Waals surface area contributed by atoms with Crippen LogP contribution < -0.4 is 5.32 Å². The molecule has 0 saturated carbocycles. The molecule has 3 rings (SSSR count). The Morgan fingerprint density at radius 2 is 2.26 bits per heavy atom. The molecule has 1 N–H and O–H groups in total. The van der Waals surface area contributed by atoms with Crippen LogP contribution in [0.15, 0.2) is 43.2 Å². The lowest BCUT2D eigenvalue weighted by Crippen LogP contribution is -2.01. The SMILES string of the molecule is Cn1cc(CNc2ccc(-n3ccnc3)nc2)nn1. The van der Waals surface area contributed by atoms with E-state index in [4.69, 9.17) is 0 Å². The first-order valence-corrected chi connectivity index (χ1v) is 5.85. The van der Waals surface area contributed by atoms with Gasteiger partial charge < -0.3 is 5.32 Å². The molecule has 0 bridgehead atoms. The minimum Gasteiger partial charge on any atom is -0.378 e. The third kappa shape index (κ3) is 2.59. The predicted octanol–water partition coefficient (Wildman–Crippen LogP) is 1.01. The van der Waals surface area contributed by atoms with Crippen LogP contribution in [0.2, 0.25) is 0 Å². The number of pyridine rings is 1. The first-order valence-electron chi connectivity index (χ1n) is 5.85. The Kier molecular flexibility index (Phi) is 2.93. The van der Waals surface area contributed by atoms with Crippen molar-refractivity contribution in [3.63, 3.8) is 0 Å². The molecule has 0 saturated heterocycles. The van der Waals surface area contributed by atoms with Gasteiger partial charge in [-0.05, 0) is 12.1 Å². The van der Waals surface area contributed by atoms with E-state index in [0.717, 1.165) is 17.2 Å². The molecule has 0 amide bonds. The lowest BCUT2D eigenvalue weighted by Gasteiger charge is -2.05. The highest BCUT2D eigenvalue weighted by Gasteiger charge is 2.00. The minimum atomic E-state index is 0.625. The number of hydrogen-bond acceptors (Lipinski definition) is 5. The molecule has 0 aliphatic heterocycles. The van der Waals surface area contributed by atoms with Gasteiger partial charge in [-0.15, -0.1) is 5.10 Å². The van der Waals surface area contributed by atoms with Crippen LogP contribution in [0.3, 0.4) is 0 Å². The highest BCUT2D eigenvalue weighted by Crippen LogP contribution is 2.10. The molecule has 0 aromatic carbocycles. The Morgan fingerprint density at radius 1 is 1.32 bits per heavy atom. The lowest BCUT2D eigenvalue weighted by atomic mass is 10.3. The minimum absolute atomic E-state index is 0.625. The number of anilines is 1. The van der Waals surface area contributed by atoms with Gasteiger partial charge in [-0.1, -0.05) is 5.21 Å². The molecule has 3 aromatic heterocycles. The topological polar surface area (TPSA) is 73.5 Å². The fourth-order valence-electron chi connectivity index (χ4n) is 1.71. The summed E-state index contributed by atoms with van der Waals surface area (Å²) in [6, 6.07) is 3.90. The van der Waals surface area contributed by atoms with E-state index >= 15 is 0 Å². The van der Waals surface area contributed by atoms with Crippen molar-refractivity contribution in [2.45, 2.75) is 6.54 Å². The Hall–Kier alpha value is -2.70. The average Bonchev–Trinajstić information content (AvgIpc) is 3.08. The van der Waals surface area contributed by atoms with Gasteiger partial charge in [-0.2, -0.15) is 0 Å². The summed E-state index contributed by atoms with van der Waals surface area (Å²) < 4.78 is 3.53. The van der Waals surface area contributed by atoms with E-state index in [-0.39, 0.29) is 0 Å². The fourth-order valence-corrected chi connectivity index (χ4v) is 1.71. The van der Waals surface area contributed by atoms with Gasteiger partial charge in [0.25, 0.3) is 0 Å². The van der Waals surface area contributed by atoms with Crippen LogP contribution in [0, 0.1) is 0 Å². The largest absolute Gasteiger partial charge is 0.378 e. The Morgan fingerprint density at radius 3 is 2.89 bits per heavy atom. The lowest BCUT2D eigenvalue weighted by molar-refractivity contribution is 0.713. The van der Waals surface area contributed by atoms with Gasteiger partial charge in [0.15, 0.2) is 0 Å². The Bertz CT molecular complexity index is 639. The van der Waals surface area contributed by atoms with Crippen molar-refractivity contribution >= 4 is 5.69 Å². The number of imidazole rings is 1. The molecule has 0 spiro atoms. The first-order chi connectivity index (χ1) is 9.31. The molecule has 3 heterocycles. The second-order valence-corrected chi connectivity index (χ2v) is 4.11. The third-order valence-corrected chi connectivity index (χ3v) is 2.64.